The van der Waals surface area contributed by atoms with Crippen molar-refractivity contribution in [2.45, 2.75) is 47.1 Å². The van der Waals surface area contributed by atoms with E-state index in [0.717, 1.165) is 10.0 Å². The van der Waals surface area contributed by atoms with Crippen molar-refractivity contribution < 1.29 is 9.53 Å². The van der Waals surface area contributed by atoms with Gasteiger partial charge in [-0.2, -0.15) is 0 Å². The standard InChI is InChI=1S/C15H23IO2/c1-6-15(5,10(2)3)14(17)18-13-11(4)8-7-9-12(13)16/h7-11,13H,6H2,1-5H3. The summed E-state index contributed by atoms with van der Waals surface area (Å²) in [6.07, 6.45) is 6.81. The summed E-state index contributed by atoms with van der Waals surface area (Å²) in [4.78, 5) is 12.4. The van der Waals surface area contributed by atoms with E-state index in [1.807, 2.05) is 26.0 Å². The van der Waals surface area contributed by atoms with Gasteiger partial charge in [0.1, 0.15) is 6.10 Å². The SMILES string of the molecule is CCC(C)(C(=O)OC1C(I)=CC=CC1C)C(C)C. The zero-order chi connectivity index (χ0) is 13.9. The monoisotopic (exact) mass is 362 g/mol. The lowest BCUT2D eigenvalue weighted by Gasteiger charge is -2.33. The van der Waals surface area contributed by atoms with Gasteiger partial charge in [0.2, 0.25) is 0 Å². The Hall–Kier alpha value is -0.320. The number of carbonyl (C=O) groups excluding carboxylic acids is 1. The second kappa shape index (κ2) is 6.22. The number of carbonyl (C=O) groups is 1. The Bertz CT molecular complexity index is 371. The molecule has 3 unspecified atom stereocenters. The van der Waals surface area contributed by atoms with Crippen LogP contribution in [0.4, 0.5) is 0 Å². The highest BCUT2D eigenvalue weighted by atomic mass is 127. The number of esters is 1. The van der Waals surface area contributed by atoms with E-state index in [0.29, 0.717) is 0 Å². The van der Waals surface area contributed by atoms with Crippen LogP contribution < -0.4 is 0 Å². The molecule has 0 heterocycles. The molecule has 0 N–H and O–H groups in total. The lowest BCUT2D eigenvalue weighted by Crippen LogP contribution is -2.38. The molecule has 0 aliphatic heterocycles. The van der Waals surface area contributed by atoms with Crippen LogP contribution in [0.5, 0.6) is 0 Å². The van der Waals surface area contributed by atoms with Crippen LogP contribution in [-0.4, -0.2) is 12.1 Å². The third kappa shape index (κ3) is 3.16. The lowest BCUT2D eigenvalue weighted by atomic mass is 9.77. The maximum absolute atomic E-state index is 12.4. The van der Waals surface area contributed by atoms with Crippen LogP contribution in [0.2, 0.25) is 0 Å². The molecular weight excluding hydrogens is 339 g/mol. The van der Waals surface area contributed by atoms with E-state index in [1.165, 1.54) is 0 Å². The minimum absolute atomic E-state index is 0.0743. The van der Waals surface area contributed by atoms with Gasteiger partial charge in [0.15, 0.2) is 0 Å². The first-order valence-corrected chi connectivity index (χ1v) is 7.65. The first-order chi connectivity index (χ1) is 8.32. The molecule has 1 aliphatic rings. The van der Waals surface area contributed by atoms with Crippen molar-refractivity contribution in [2.24, 2.45) is 17.3 Å². The Kier molecular flexibility index (Phi) is 5.44. The van der Waals surface area contributed by atoms with Gasteiger partial charge < -0.3 is 4.74 Å². The maximum Gasteiger partial charge on any atom is 0.312 e. The number of hydrogen-bond acceptors (Lipinski definition) is 2. The van der Waals surface area contributed by atoms with E-state index in [2.05, 4.69) is 49.4 Å². The van der Waals surface area contributed by atoms with Crippen molar-refractivity contribution in [1.29, 1.82) is 0 Å². The van der Waals surface area contributed by atoms with Gasteiger partial charge in [-0.25, -0.2) is 0 Å². The number of allylic oxidation sites excluding steroid dienone is 2. The van der Waals surface area contributed by atoms with Gasteiger partial charge >= 0.3 is 5.97 Å². The van der Waals surface area contributed by atoms with Crippen LogP contribution >= 0.6 is 22.6 Å². The van der Waals surface area contributed by atoms with E-state index >= 15 is 0 Å². The topological polar surface area (TPSA) is 26.3 Å². The molecule has 2 nitrogen and oxygen atoms in total. The molecule has 0 aromatic carbocycles. The van der Waals surface area contributed by atoms with Crippen molar-refractivity contribution in [3.63, 3.8) is 0 Å². The predicted octanol–water partition coefficient (Wildman–Crippen LogP) is 4.50. The summed E-state index contributed by atoms with van der Waals surface area (Å²) in [7, 11) is 0. The van der Waals surface area contributed by atoms with Crippen molar-refractivity contribution in [3.05, 3.63) is 21.8 Å². The molecule has 1 rings (SSSR count). The van der Waals surface area contributed by atoms with Crippen LogP contribution in [0.1, 0.15) is 41.0 Å². The molecule has 0 radical (unpaired) electrons. The van der Waals surface area contributed by atoms with Crippen molar-refractivity contribution in [3.8, 4) is 0 Å². The smallest absolute Gasteiger partial charge is 0.312 e. The summed E-state index contributed by atoms with van der Waals surface area (Å²) in [5.74, 6) is 0.458. The molecule has 0 amide bonds. The van der Waals surface area contributed by atoms with Gasteiger partial charge in [-0.1, -0.05) is 39.8 Å². The molecule has 0 saturated carbocycles. The molecule has 0 spiro atoms. The van der Waals surface area contributed by atoms with Gasteiger partial charge in [0, 0.05) is 9.50 Å². The largest absolute Gasteiger partial charge is 0.456 e. The Morgan fingerprint density at radius 3 is 2.61 bits per heavy atom. The molecular formula is C15H23IO2. The van der Waals surface area contributed by atoms with Gasteiger partial charge in [-0.3, -0.25) is 4.79 Å². The summed E-state index contributed by atoms with van der Waals surface area (Å²) >= 11 is 2.26. The lowest BCUT2D eigenvalue weighted by molar-refractivity contribution is -0.163. The summed E-state index contributed by atoms with van der Waals surface area (Å²) in [6, 6.07) is 0. The first kappa shape index (κ1) is 15.7. The number of ether oxygens (including phenoxy) is 1. The van der Waals surface area contributed by atoms with Crippen LogP contribution in [0, 0.1) is 17.3 Å². The van der Waals surface area contributed by atoms with E-state index in [4.69, 9.17) is 4.74 Å². The van der Waals surface area contributed by atoms with Crippen LogP contribution in [-0.2, 0) is 9.53 Å². The van der Waals surface area contributed by atoms with Crippen molar-refractivity contribution in [2.75, 3.05) is 0 Å². The fourth-order valence-corrected chi connectivity index (χ4v) is 2.87. The molecule has 0 fully saturated rings. The van der Waals surface area contributed by atoms with Gasteiger partial charge in [-0.15, -0.1) is 0 Å². The molecule has 1 aliphatic carbocycles. The second-order valence-electron chi connectivity index (χ2n) is 5.55. The van der Waals surface area contributed by atoms with Crippen molar-refractivity contribution >= 4 is 28.6 Å². The van der Waals surface area contributed by atoms with E-state index < -0.39 is 5.41 Å². The molecule has 0 saturated heterocycles. The van der Waals surface area contributed by atoms with Crippen molar-refractivity contribution in [1.82, 2.24) is 0 Å². The predicted molar refractivity (Wildman–Crippen MR) is 83.5 cm³/mol. The normalized spacial score (nSPS) is 26.7. The van der Waals surface area contributed by atoms with Crippen LogP contribution in [0.3, 0.4) is 0 Å². The molecule has 3 heteroatoms. The van der Waals surface area contributed by atoms with Gasteiger partial charge in [0.25, 0.3) is 0 Å². The highest BCUT2D eigenvalue weighted by molar-refractivity contribution is 14.1. The summed E-state index contributed by atoms with van der Waals surface area (Å²) in [6.45, 7) is 10.3. The Balaban J connectivity index is 2.82. The Morgan fingerprint density at radius 2 is 2.17 bits per heavy atom. The molecule has 0 aromatic heterocycles. The number of halogens is 1. The minimum atomic E-state index is -0.391. The van der Waals surface area contributed by atoms with Gasteiger partial charge in [0.05, 0.1) is 5.41 Å². The average Bonchev–Trinajstić information content (AvgIpc) is 2.32. The molecule has 102 valence electrons. The highest BCUT2D eigenvalue weighted by Crippen LogP contribution is 2.35. The molecule has 3 atom stereocenters. The first-order valence-electron chi connectivity index (χ1n) is 6.58. The summed E-state index contributed by atoms with van der Waals surface area (Å²) < 4.78 is 6.86. The average molecular weight is 362 g/mol. The zero-order valence-corrected chi connectivity index (χ0v) is 14.0. The second-order valence-corrected chi connectivity index (χ2v) is 6.79. The van der Waals surface area contributed by atoms with E-state index in [1.54, 1.807) is 0 Å². The van der Waals surface area contributed by atoms with Crippen LogP contribution in [0.15, 0.2) is 21.8 Å². The van der Waals surface area contributed by atoms with Crippen LogP contribution in [0.25, 0.3) is 0 Å². The fraction of sp³-hybridized carbons (Fsp3) is 0.667. The highest BCUT2D eigenvalue weighted by Gasteiger charge is 2.38. The quantitative estimate of drug-likeness (QED) is 0.544. The maximum atomic E-state index is 12.4. The third-order valence-corrected chi connectivity index (χ3v) is 5.10. The minimum Gasteiger partial charge on any atom is -0.456 e. The van der Waals surface area contributed by atoms with Gasteiger partial charge in [-0.05, 0) is 47.9 Å². The Labute approximate surface area is 124 Å². The molecule has 18 heavy (non-hydrogen) atoms. The van der Waals surface area contributed by atoms with E-state index in [9.17, 15) is 4.79 Å². The van der Waals surface area contributed by atoms with E-state index in [-0.39, 0.29) is 23.9 Å². The Morgan fingerprint density at radius 1 is 1.56 bits per heavy atom. The number of hydrogen-bond donors (Lipinski definition) is 0. The third-order valence-electron chi connectivity index (χ3n) is 4.13. The summed E-state index contributed by atoms with van der Waals surface area (Å²) in [5.41, 5.74) is -0.391. The molecule has 0 aromatic rings. The fourth-order valence-electron chi connectivity index (χ4n) is 1.97. The zero-order valence-electron chi connectivity index (χ0n) is 11.9. The molecule has 0 bridgehead atoms. The number of rotatable bonds is 4. The summed E-state index contributed by atoms with van der Waals surface area (Å²) in [5, 5.41) is 0.